The summed E-state index contributed by atoms with van der Waals surface area (Å²) in [6.45, 7) is 1.01. The number of likely N-dealkylation sites (N-methyl/N-ethyl adjacent to an activating group) is 1. The maximum atomic E-state index is 12.4. The van der Waals surface area contributed by atoms with Gasteiger partial charge in [-0.1, -0.05) is 12.1 Å². The molecule has 1 aliphatic heterocycles. The maximum Gasteiger partial charge on any atom is 0.261 e. The molecule has 7 nitrogen and oxygen atoms in total. The van der Waals surface area contributed by atoms with Crippen molar-refractivity contribution in [3.05, 3.63) is 59.2 Å². The van der Waals surface area contributed by atoms with Gasteiger partial charge in [-0.25, -0.2) is 0 Å². The molecular weight excluding hydrogens is 372 g/mol. The van der Waals surface area contributed by atoms with E-state index in [1.165, 1.54) is 0 Å². The Morgan fingerprint density at radius 2 is 1.55 bits per heavy atom. The lowest BCUT2D eigenvalue weighted by Crippen LogP contribution is -2.42. The summed E-state index contributed by atoms with van der Waals surface area (Å²) in [4.78, 5) is 27.9. The topological polar surface area (TPSA) is 79.3 Å². The first-order valence-corrected chi connectivity index (χ1v) is 9.46. The number of hydrogen-bond acceptors (Lipinski definition) is 6. The first-order valence-electron chi connectivity index (χ1n) is 9.46. The molecule has 0 saturated carbocycles. The molecule has 0 aromatic heterocycles. The fourth-order valence-electron chi connectivity index (χ4n) is 3.46. The second kappa shape index (κ2) is 9.07. The Balaban J connectivity index is 1.53. The molecule has 0 aliphatic carbocycles. The Hall–Kier alpha value is -2.90. The predicted octanol–water partition coefficient (Wildman–Crippen LogP) is 1.84. The van der Waals surface area contributed by atoms with Gasteiger partial charge in [0.1, 0.15) is 11.5 Å². The number of ether oxygens (including phenoxy) is 2. The number of methoxy groups -OCH3 is 2. The molecule has 0 bridgehead atoms. The highest BCUT2D eigenvalue weighted by atomic mass is 16.5. The Morgan fingerprint density at radius 3 is 2.07 bits per heavy atom. The van der Waals surface area contributed by atoms with Crippen LogP contribution in [0.25, 0.3) is 0 Å². The lowest BCUT2D eigenvalue weighted by molar-refractivity contribution is 0.0493. The lowest BCUT2D eigenvalue weighted by atomic mass is 10.1. The van der Waals surface area contributed by atoms with Gasteiger partial charge in [-0.3, -0.25) is 14.5 Å². The molecule has 2 aromatic carbocycles. The third kappa shape index (κ3) is 4.75. The van der Waals surface area contributed by atoms with Gasteiger partial charge < -0.3 is 19.5 Å². The zero-order valence-electron chi connectivity index (χ0n) is 16.9. The molecule has 3 rings (SSSR count). The average molecular weight is 398 g/mol. The summed E-state index contributed by atoms with van der Waals surface area (Å²) in [5.74, 6) is 0.756. The minimum atomic E-state index is -0.831. The van der Waals surface area contributed by atoms with E-state index in [1.807, 2.05) is 30.1 Å². The zero-order valence-corrected chi connectivity index (χ0v) is 16.9. The van der Waals surface area contributed by atoms with E-state index in [0.29, 0.717) is 24.2 Å². The van der Waals surface area contributed by atoms with Crippen molar-refractivity contribution in [3.63, 3.8) is 0 Å². The minimum absolute atomic E-state index is 0.0241. The Labute approximate surface area is 170 Å². The van der Waals surface area contributed by atoms with Crippen LogP contribution >= 0.6 is 0 Å². The second-order valence-electron chi connectivity index (χ2n) is 7.15. The number of fused-ring (bicyclic) bond motifs is 1. The number of amides is 2. The largest absolute Gasteiger partial charge is 0.497 e. The van der Waals surface area contributed by atoms with Crippen molar-refractivity contribution in [2.75, 3.05) is 40.9 Å². The third-order valence-electron chi connectivity index (χ3n) is 4.99. The molecule has 154 valence electrons. The van der Waals surface area contributed by atoms with Crippen molar-refractivity contribution in [2.45, 2.75) is 12.5 Å². The van der Waals surface area contributed by atoms with Gasteiger partial charge >= 0.3 is 0 Å². The zero-order chi connectivity index (χ0) is 21.0. The summed E-state index contributed by atoms with van der Waals surface area (Å²) in [5.41, 5.74) is 1.85. The van der Waals surface area contributed by atoms with Crippen LogP contribution in [0.4, 0.5) is 0 Å². The normalized spacial score (nSPS) is 14.3. The highest BCUT2D eigenvalue weighted by Crippen LogP contribution is 2.24. The van der Waals surface area contributed by atoms with E-state index >= 15 is 0 Å². The van der Waals surface area contributed by atoms with Crippen molar-refractivity contribution in [1.82, 2.24) is 9.80 Å². The first-order chi connectivity index (χ1) is 13.9. The smallest absolute Gasteiger partial charge is 0.261 e. The van der Waals surface area contributed by atoms with E-state index < -0.39 is 6.10 Å². The highest BCUT2D eigenvalue weighted by molar-refractivity contribution is 6.21. The van der Waals surface area contributed by atoms with Gasteiger partial charge in [-0.15, -0.1) is 0 Å². The van der Waals surface area contributed by atoms with Gasteiger partial charge in [-0.2, -0.15) is 0 Å². The number of hydrogen-bond donors (Lipinski definition) is 1. The van der Waals surface area contributed by atoms with Crippen LogP contribution in [0, 0.1) is 0 Å². The minimum Gasteiger partial charge on any atom is -0.497 e. The Kier molecular flexibility index (Phi) is 6.51. The summed E-state index contributed by atoms with van der Waals surface area (Å²) in [5, 5.41) is 10.4. The average Bonchev–Trinajstić information content (AvgIpc) is 2.97. The summed E-state index contributed by atoms with van der Waals surface area (Å²) < 4.78 is 10.6. The molecule has 1 heterocycles. The monoisotopic (exact) mass is 398 g/mol. The van der Waals surface area contributed by atoms with E-state index in [1.54, 1.807) is 38.5 Å². The summed E-state index contributed by atoms with van der Waals surface area (Å²) in [6.07, 6.45) is -0.0916. The van der Waals surface area contributed by atoms with E-state index in [2.05, 4.69) is 0 Å². The number of nitrogens with zero attached hydrogens (tertiary/aromatic N) is 2. The molecule has 1 unspecified atom stereocenters. The Morgan fingerprint density at radius 1 is 1.00 bits per heavy atom. The van der Waals surface area contributed by atoms with Gasteiger partial charge in [0.2, 0.25) is 0 Å². The van der Waals surface area contributed by atoms with Gasteiger partial charge in [0.05, 0.1) is 38.0 Å². The number of benzene rings is 2. The number of imide groups is 1. The second-order valence-corrected chi connectivity index (χ2v) is 7.15. The number of carbonyl (C=O) groups is 2. The third-order valence-corrected chi connectivity index (χ3v) is 4.99. The number of rotatable bonds is 9. The quantitative estimate of drug-likeness (QED) is 0.650. The standard InChI is InChI=1S/C22H26N2O5/c1-23(9-8-15-10-17(28-2)12-18(11-15)29-3)13-16(25)14-24-21(26)19-6-4-5-7-20(19)22(24)27/h4-7,10-12,16,25H,8-9,13-14H2,1-3H3. The fraction of sp³-hybridized carbons (Fsp3) is 0.364. The van der Waals surface area contributed by atoms with Crippen LogP contribution in [-0.4, -0.2) is 73.7 Å². The molecule has 2 amide bonds. The number of aliphatic hydroxyl groups excluding tert-OH is 1. The molecule has 1 atom stereocenters. The molecule has 2 aromatic rings. The van der Waals surface area contributed by atoms with Crippen LogP contribution in [0.1, 0.15) is 26.3 Å². The van der Waals surface area contributed by atoms with Crippen molar-refractivity contribution in [1.29, 1.82) is 0 Å². The van der Waals surface area contributed by atoms with Crippen molar-refractivity contribution in [3.8, 4) is 11.5 Å². The summed E-state index contributed by atoms with van der Waals surface area (Å²) in [6, 6.07) is 12.4. The fourth-order valence-corrected chi connectivity index (χ4v) is 3.46. The molecule has 1 N–H and O–H groups in total. The van der Waals surface area contributed by atoms with E-state index in [9.17, 15) is 14.7 Å². The molecule has 29 heavy (non-hydrogen) atoms. The van der Waals surface area contributed by atoms with Crippen molar-refractivity contribution < 1.29 is 24.2 Å². The molecule has 0 spiro atoms. The number of β-amino-alcohol motifs (C(OH)–C–C–N with tert-alkyl or cyclic N) is 1. The van der Waals surface area contributed by atoms with Crippen LogP contribution in [-0.2, 0) is 6.42 Å². The van der Waals surface area contributed by atoms with Crippen LogP contribution in [0.5, 0.6) is 11.5 Å². The molecule has 0 saturated heterocycles. The van der Waals surface area contributed by atoms with Gasteiger partial charge in [0, 0.05) is 19.2 Å². The summed E-state index contributed by atoms with van der Waals surface area (Å²) in [7, 11) is 5.11. The number of carbonyl (C=O) groups excluding carboxylic acids is 2. The van der Waals surface area contributed by atoms with Crippen LogP contribution in [0.15, 0.2) is 42.5 Å². The van der Waals surface area contributed by atoms with Crippen LogP contribution in [0.2, 0.25) is 0 Å². The lowest BCUT2D eigenvalue weighted by Gasteiger charge is -2.23. The molecule has 0 radical (unpaired) electrons. The summed E-state index contributed by atoms with van der Waals surface area (Å²) >= 11 is 0. The van der Waals surface area contributed by atoms with E-state index in [4.69, 9.17) is 9.47 Å². The predicted molar refractivity (Wildman–Crippen MR) is 109 cm³/mol. The Bertz CT molecular complexity index is 841. The van der Waals surface area contributed by atoms with Crippen molar-refractivity contribution >= 4 is 11.8 Å². The van der Waals surface area contributed by atoms with E-state index in [-0.39, 0.29) is 18.4 Å². The SMILES string of the molecule is COc1cc(CCN(C)CC(O)CN2C(=O)c3ccccc3C2=O)cc(OC)c1. The molecule has 0 fully saturated rings. The number of aliphatic hydroxyl groups is 1. The maximum absolute atomic E-state index is 12.4. The van der Waals surface area contributed by atoms with Crippen LogP contribution in [0.3, 0.4) is 0 Å². The highest BCUT2D eigenvalue weighted by Gasteiger charge is 2.36. The van der Waals surface area contributed by atoms with E-state index in [0.717, 1.165) is 28.4 Å². The van der Waals surface area contributed by atoms with Gasteiger partial charge in [0.15, 0.2) is 0 Å². The first kappa shape index (κ1) is 20.8. The molecule has 7 heteroatoms. The molecule has 1 aliphatic rings. The van der Waals surface area contributed by atoms with Crippen LogP contribution < -0.4 is 9.47 Å². The van der Waals surface area contributed by atoms with Gasteiger partial charge in [0.25, 0.3) is 11.8 Å². The van der Waals surface area contributed by atoms with Gasteiger partial charge in [-0.05, 0) is 43.3 Å². The van der Waals surface area contributed by atoms with Crippen molar-refractivity contribution in [2.24, 2.45) is 0 Å². The molecular formula is C22H26N2O5.